The Morgan fingerprint density at radius 3 is 2.67 bits per heavy atom. The molecule has 1 amide bonds. The third kappa shape index (κ3) is 5.59. The number of aliphatic hydroxyl groups excluding tert-OH is 1. The van der Waals surface area contributed by atoms with Crippen LogP contribution in [0.1, 0.15) is 31.4 Å². The Kier molecular flexibility index (Phi) is 5.96. The van der Waals surface area contributed by atoms with Gasteiger partial charge in [-0.05, 0) is 43.5 Å². The van der Waals surface area contributed by atoms with E-state index in [1.54, 1.807) is 13.8 Å². The molecule has 0 radical (unpaired) electrons. The minimum absolute atomic E-state index is 0.0439. The molecular formula is C15H18F3NO2. The van der Waals surface area contributed by atoms with Crippen molar-refractivity contribution < 1.29 is 23.1 Å². The van der Waals surface area contributed by atoms with Gasteiger partial charge in [-0.25, -0.2) is 0 Å². The smallest absolute Gasteiger partial charge is 0.396 e. The van der Waals surface area contributed by atoms with E-state index in [1.807, 2.05) is 0 Å². The van der Waals surface area contributed by atoms with Crippen molar-refractivity contribution in [3.8, 4) is 0 Å². The summed E-state index contributed by atoms with van der Waals surface area (Å²) in [4.78, 5) is 11.7. The van der Waals surface area contributed by atoms with Crippen LogP contribution in [0, 0.1) is 0 Å². The summed E-state index contributed by atoms with van der Waals surface area (Å²) in [6.45, 7) is 3.27. The zero-order valence-corrected chi connectivity index (χ0v) is 11.9. The number of hydrogen-bond donors (Lipinski definition) is 2. The second-order valence-electron chi connectivity index (χ2n) is 4.83. The van der Waals surface area contributed by atoms with Gasteiger partial charge < -0.3 is 10.4 Å². The molecule has 1 aromatic rings. The highest BCUT2D eigenvalue weighted by atomic mass is 19.4. The van der Waals surface area contributed by atoms with Crippen LogP contribution in [0.15, 0.2) is 30.3 Å². The van der Waals surface area contributed by atoms with Crippen molar-refractivity contribution in [3.63, 3.8) is 0 Å². The zero-order valence-electron chi connectivity index (χ0n) is 11.9. The van der Waals surface area contributed by atoms with Crippen molar-refractivity contribution in [2.75, 3.05) is 6.61 Å². The lowest BCUT2D eigenvalue weighted by Crippen LogP contribution is -2.31. The Labute approximate surface area is 121 Å². The number of benzene rings is 1. The van der Waals surface area contributed by atoms with Gasteiger partial charge in [0, 0.05) is 18.7 Å². The maximum atomic E-state index is 12.6. The highest BCUT2D eigenvalue weighted by Crippen LogP contribution is 2.30. The molecule has 0 spiro atoms. The predicted molar refractivity (Wildman–Crippen MR) is 74.4 cm³/mol. The van der Waals surface area contributed by atoms with E-state index in [0.717, 1.165) is 12.1 Å². The van der Waals surface area contributed by atoms with Gasteiger partial charge in [0.2, 0.25) is 5.91 Å². The molecule has 1 atom stereocenters. The lowest BCUT2D eigenvalue weighted by molar-refractivity contribution is -0.137. The minimum atomic E-state index is -4.41. The molecule has 0 saturated carbocycles. The Morgan fingerprint density at radius 1 is 1.43 bits per heavy atom. The van der Waals surface area contributed by atoms with Crippen molar-refractivity contribution in [2.24, 2.45) is 0 Å². The molecule has 6 heteroatoms. The highest BCUT2D eigenvalue weighted by Gasteiger charge is 2.30. The fourth-order valence-corrected chi connectivity index (χ4v) is 1.77. The molecule has 116 valence electrons. The normalized spacial score (nSPS) is 13.9. The molecule has 1 aromatic carbocycles. The summed E-state index contributed by atoms with van der Waals surface area (Å²) in [5, 5.41) is 11.4. The van der Waals surface area contributed by atoms with Crippen LogP contribution < -0.4 is 5.32 Å². The quantitative estimate of drug-likeness (QED) is 0.821. The van der Waals surface area contributed by atoms with Crippen LogP contribution in [0.2, 0.25) is 0 Å². The summed E-state index contributed by atoms with van der Waals surface area (Å²) in [5.41, 5.74) is 0.0337. The first-order valence-electron chi connectivity index (χ1n) is 6.51. The molecule has 2 N–H and O–H groups in total. The molecule has 0 saturated heterocycles. The van der Waals surface area contributed by atoms with Gasteiger partial charge in [0.1, 0.15) is 0 Å². The second kappa shape index (κ2) is 7.26. The SMILES string of the molecule is C/C(=C/C(=O)NC(C)CCO)c1cccc(C(F)(F)F)c1. The molecule has 21 heavy (non-hydrogen) atoms. The van der Waals surface area contributed by atoms with E-state index >= 15 is 0 Å². The number of aliphatic hydroxyl groups is 1. The molecular weight excluding hydrogens is 283 g/mol. The summed E-state index contributed by atoms with van der Waals surface area (Å²) in [7, 11) is 0. The van der Waals surface area contributed by atoms with Crippen LogP contribution in [0.25, 0.3) is 5.57 Å². The van der Waals surface area contributed by atoms with E-state index in [-0.39, 0.29) is 12.6 Å². The molecule has 0 heterocycles. The zero-order chi connectivity index (χ0) is 16.0. The van der Waals surface area contributed by atoms with Crippen molar-refractivity contribution in [1.29, 1.82) is 0 Å². The van der Waals surface area contributed by atoms with Gasteiger partial charge in [-0.15, -0.1) is 0 Å². The van der Waals surface area contributed by atoms with Gasteiger partial charge in [-0.1, -0.05) is 12.1 Å². The van der Waals surface area contributed by atoms with Gasteiger partial charge >= 0.3 is 6.18 Å². The second-order valence-corrected chi connectivity index (χ2v) is 4.83. The Bertz CT molecular complexity index is 524. The summed E-state index contributed by atoms with van der Waals surface area (Å²) in [5.74, 6) is -0.397. The number of halogens is 3. The van der Waals surface area contributed by atoms with Crippen LogP contribution in [0.4, 0.5) is 13.2 Å². The van der Waals surface area contributed by atoms with E-state index in [4.69, 9.17) is 5.11 Å². The van der Waals surface area contributed by atoms with Crippen LogP contribution in [-0.4, -0.2) is 23.7 Å². The third-order valence-electron chi connectivity index (χ3n) is 2.94. The number of alkyl halides is 3. The molecule has 0 fully saturated rings. The average Bonchev–Trinajstić information content (AvgIpc) is 2.37. The number of rotatable bonds is 5. The van der Waals surface area contributed by atoms with Crippen molar-refractivity contribution in [2.45, 2.75) is 32.5 Å². The topological polar surface area (TPSA) is 49.3 Å². The lowest BCUT2D eigenvalue weighted by atomic mass is 10.0. The van der Waals surface area contributed by atoms with Crippen molar-refractivity contribution in [3.05, 3.63) is 41.5 Å². The summed E-state index contributed by atoms with van der Waals surface area (Å²) in [6.07, 6.45) is -2.74. The Morgan fingerprint density at radius 2 is 2.10 bits per heavy atom. The van der Waals surface area contributed by atoms with E-state index < -0.39 is 17.6 Å². The van der Waals surface area contributed by atoms with E-state index in [9.17, 15) is 18.0 Å². The van der Waals surface area contributed by atoms with Gasteiger partial charge in [-0.2, -0.15) is 13.2 Å². The lowest BCUT2D eigenvalue weighted by Gasteiger charge is -2.12. The minimum Gasteiger partial charge on any atom is -0.396 e. The van der Waals surface area contributed by atoms with Crippen LogP contribution in [0.5, 0.6) is 0 Å². The number of nitrogens with one attached hydrogen (secondary N) is 1. The number of allylic oxidation sites excluding steroid dienone is 1. The first-order chi connectivity index (χ1) is 9.74. The standard InChI is InChI=1S/C15H18F3NO2/c1-10(8-14(21)19-11(2)6-7-20)12-4-3-5-13(9-12)15(16,17)18/h3-5,8-9,11,20H,6-7H2,1-2H3,(H,19,21)/b10-8-. The van der Waals surface area contributed by atoms with Crippen molar-refractivity contribution >= 4 is 11.5 Å². The van der Waals surface area contributed by atoms with Crippen LogP contribution in [0.3, 0.4) is 0 Å². The monoisotopic (exact) mass is 301 g/mol. The maximum Gasteiger partial charge on any atom is 0.416 e. The van der Waals surface area contributed by atoms with E-state index in [1.165, 1.54) is 18.2 Å². The number of carbonyl (C=O) groups excluding carboxylic acids is 1. The maximum absolute atomic E-state index is 12.6. The first-order valence-corrected chi connectivity index (χ1v) is 6.51. The largest absolute Gasteiger partial charge is 0.416 e. The highest BCUT2D eigenvalue weighted by molar-refractivity contribution is 5.95. The Hall–Kier alpha value is -1.82. The number of amides is 1. The van der Waals surface area contributed by atoms with E-state index in [0.29, 0.717) is 17.6 Å². The summed E-state index contributed by atoms with van der Waals surface area (Å²) < 4.78 is 37.9. The average molecular weight is 301 g/mol. The fraction of sp³-hybridized carbons (Fsp3) is 0.400. The van der Waals surface area contributed by atoms with Crippen LogP contribution >= 0.6 is 0 Å². The van der Waals surface area contributed by atoms with Gasteiger partial charge in [0.05, 0.1) is 5.56 Å². The summed E-state index contributed by atoms with van der Waals surface area (Å²) in [6, 6.07) is 4.62. The van der Waals surface area contributed by atoms with Crippen LogP contribution in [-0.2, 0) is 11.0 Å². The van der Waals surface area contributed by atoms with Crippen molar-refractivity contribution in [1.82, 2.24) is 5.32 Å². The predicted octanol–water partition coefficient (Wildman–Crippen LogP) is 3.00. The van der Waals surface area contributed by atoms with Gasteiger partial charge in [0.15, 0.2) is 0 Å². The van der Waals surface area contributed by atoms with E-state index in [2.05, 4.69) is 5.32 Å². The van der Waals surface area contributed by atoms with Gasteiger partial charge in [-0.3, -0.25) is 4.79 Å². The van der Waals surface area contributed by atoms with Gasteiger partial charge in [0.25, 0.3) is 0 Å². The molecule has 0 aliphatic carbocycles. The summed E-state index contributed by atoms with van der Waals surface area (Å²) >= 11 is 0. The molecule has 0 aliphatic rings. The number of carbonyl (C=O) groups is 1. The number of hydrogen-bond acceptors (Lipinski definition) is 2. The molecule has 3 nitrogen and oxygen atoms in total. The molecule has 0 aliphatic heterocycles. The fourth-order valence-electron chi connectivity index (χ4n) is 1.77. The molecule has 0 bridgehead atoms. The first kappa shape index (κ1) is 17.2. The molecule has 1 rings (SSSR count). The Balaban J connectivity index is 2.85. The molecule has 1 unspecified atom stereocenters. The molecule has 0 aromatic heterocycles. The third-order valence-corrected chi connectivity index (χ3v) is 2.94.